The van der Waals surface area contributed by atoms with E-state index < -0.39 is 0 Å². The Bertz CT molecular complexity index is 2470. The van der Waals surface area contributed by atoms with Gasteiger partial charge in [-0.2, -0.15) is 0 Å². The molecule has 0 saturated carbocycles. The molecular formula is C38H23FN2O2. The van der Waals surface area contributed by atoms with E-state index in [0.717, 1.165) is 77.7 Å². The third-order valence-corrected chi connectivity index (χ3v) is 8.24. The Balaban J connectivity index is 1.26. The number of rotatable bonds is 4. The van der Waals surface area contributed by atoms with Crippen LogP contribution >= 0.6 is 0 Å². The van der Waals surface area contributed by atoms with Crippen LogP contribution in [0.15, 0.2) is 148 Å². The van der Waals surface area contributed by atoms with Crippen molar-refractivity contribution < 1.29 is 13.2 Å². The molecule has 0 aliphatic rings. The first-order valence-corrected chi connectivity index (χ1v) is 14.2. The van der Waals surface area contributed by atoms with E-state index >= 15 is 0 Å². The molecule has 9 rings (SSSR count). The fraction of sp³-hybridized carbons (Fsp3) is 0. The first-order valence-electron chi connectivity index (χ1n) is 14.2. The smallest absolute Gasteiger partial charge is 0.181 e. The summed E-state index contributed by atoms with van der Waals surface area (Å²) < 4.78 is 28.6. The Labute approximate surface area is 245 Å². The molecule has 0 aliphatic carbocycles. The van der Waals surface area contributed by atoms with Crippen molar-refractivity contribution in [3.63, 3.8) is 0 Å². The molecule has 0 fully saturated rings. The minimum atomic E-state index is -0.250. The molecule has 0 saturated heterocycles. The molecule has 204 valence electrons. The molecule has 5 heteroatoms. The van der Waals surface area contributed by atoms with Crippen LogP contribution in [0.25, 0.3) is 60.6 Å². The molecule has 0 unspecified atom stereocenters. The zero-order valence-electron chi connectivity index (χ0n) is 22.9. The van der Waals surface area contributed by atoms with Crippen molar-refractivity contribution in [1.82, 2.24) is 4.57 Å². The molecular weight excluding hydrogens is 535 g/mol. The molecule has 0 atom stereocenters. The highest BCUT2D eigenvalue weighted by Gasteiger charge is 2.20. The predicted molar refractivity (Wildman–Crippen MR) is 172 cm³/mol. The Morgan fingerprint density at radius 3 is 1.93 bits per heavy atom. The number of benzene rings is 6. The number of fused-ring (bicyclic) bond motifs is 8. The van der Waals surface area contributed by atoms with Crippen molar-refractivity contribution in [2.45, 2.75) is 0 Å². The lowest BCUT2D eigenvalue weighted by molar-refractivity contribution is 0.627. The maximum absolute atomic E-state index is 13.8. The first-order chi connectivity index (χ1) is 21.2. The summed E-state index contributed by atoms with van der Waals surface area (Å²) in [7, 11) is 0. The summed E-state index contributed by atoms with van der Waals surface area (Å²) in [6.07, 6.45) is 0. The molecule has 0 N–H and O–H groups in total. The fourth-order valence-electron chi connectivity index (χ4n) is 6.33. The van der Waals surface area contributed by atoms with Gasteiger partial charge in [0.2, 0.25) is 0 Å². The van der Waals surface area contributed by atoms with Gasteiger partial charge in [-0.05, 0) is 84.9 Å². The van der Waals surface area contributed by atoms with Gasteiger partial charge in [0.1, 0.15) is 17.0 Å². The number of hydrogen-bond acceptors (Lipinski definition) is 3. The third-order valence-electron chi connectivity index (χ3n) is 8.24. The van der Waals surface area contributed by atoms with Crippen molar-refractivity contribution in [2.75, 3.05) is 4.90 Å². The summed E-state index contributed by atoms with van der Waals surface area (Å²) in [5, 5.41) is 4.16. The van der Waals surface area contributed by atoms with Crippen molar-refractivity contribution in [3.8, 4) is 5.69 Å². The van der Waals surface area contributed by atoms with E-state index in [1.54, 1.807) is 0 Å². The highest BCUT2D eigenvalue weighted by Crippen LogP contribution is 2.42. The van der Waals surface area contributed by atoms with Crippen LogP contribution in [-0.4, -0.2) is 4.57 Å². The second kappa shape index (κ2) is 9.10. The van der Waals surface area contributed by atoms with Gasteiger partial charge in [-0.3, -0.25) is 0 Å². The van der Waals surface area contributed by atoms with Gasteiger partial charge >= 0.3 is 0 Å². The van der Waals surface area contributed by atoms with E-state index in [2.05, 4.69) is 76.2 Å². The van der Waals surface area contributed by atoms with Crippen LogP contribution in [0.2, 0.25) is 0 Å². The molecule has 6 aromatic carbocycles. The molecule has 0 bridgehead atoms. The second-order valence-corrected chi connectivity index (χ2v) is 10.7. The maximum atomic E-state index is 13.8. The largest absolute Gasteiger partial charge is 0.452 e. The second-order valence-electron chi connectivity index (χ2n) is 10.7. The molecule has 3 aromatic heterocycles. The van der Waals surface area contributed by atoms with Gasteiger partial charge in [0.05, 0.1) is 21.8 Å². The average molecular weight is 559 g/mol. The van der Waals surface area contributed by atoms with Gasteiger partial charge in [-0.15, -0.1) is 0 Å². The van der Waals surface area contributed by atoms with E-state index in [9.17, 15) is 4.39 Å². The number of aromatic nitrogens is 1. The SMILES string of the molecule is Fc1ccc(-n2c3ccccc3c3cc(N(c4ccccc4)c4ccc5c(c4)oc4c6ccccc6oc54)ccc32)cc1. The Morgan fingerprint density at radius 2 is 1.09 bits per heavy atom. The van der Waals surface area contributed by atoms with E-state index in [1.807, 2.05) is 60.7 Å². The van der Waals surface area contributed by atoms with Crippen LogP contribution in [-0.2, 0) is 0 Å². The maximum Gasteiger partial charge on any atom is 0.181 e. The molecule has 0 spiro atoms. The molecule has 0 amide bonds. The van der Waals surface area contributed by atoms with Crippen molar-refractivity contribution >= 4 is 72.0 Å². The number of para-hydroxylation sites is 3. The normalized spacial score (nSPS) is 11.8. The van der Waals surface area contributed by atoms with Crippen LogP contribution < -0.4 is 4.90 Å². The standard InChI is InChI=1S/C38H23FN2O2/c39-24-14-16-26(17-15-24)41-33-12-6-4-10-29(33)32-22-27(19-21-34(32)41)40(25-8-2-1-3-9-25)28-18-20-31-36(23-28)43-37-30-11-5-7-13-35(30)42-38(31)37/h1-23H. The van der Waals surface area contributed by atoms with E-state index in [0.29, 0.717) is 0 Å². The Hall–Kier alpha value is -5.81. The van der Waals surface area contributed by atoms with E-state index in [1.165, 1.54) is 12.1 Å². The van der Waals surface area contributed by atoms with Gasteiger partial charge < -0.3 is 18.3 Å². The van der Waals surface area contributed by atoms with E-state index in [-0.39, 0.29) is 5.82 Å². The fourth-order valence-corrected chi connectivity index (χ4v) is 6.33. The van der Waals surface area contributed by atoms with Gasteiger partial charge in [0.15, 0.2) is 11.2 Å². The lowest BCUT2D eigenvalue weighted by Crippen LogP contribution is -2.09. The van der Waals surface area contributed by atoms with Crippen molar-refractivity contribution in [1.29, 1.82) is 0 Å². The lowest BCUT2D eigenvalue weighted by Gasteiger charge is -2.25. The Morgan fingerprint density at radius 1 is 0.465 bits per heavy atom. The highest BCUT2D eigenvalue weighted by atomic mass is 19.1. The summed E-state index contributed by atoms with van der Waals surface area (Å²) in [6, 6.07) is 46.1. The molecule has 4 nitrogen and oxygen atoms in total. The quantitative estimate of drug-likeness (QED) is 0.215. The zero-order valence-corrected chi connectivity index (χ0v) is 22.9. The van der Waals surface area contributed by atoms with Crippen LogP contribution in [0.1, 0.15) is 0 Å². The van der Waals surface area contributed by atoms with Crippen LogP contribution in [0.4, 0.5) is 21.5 Å². The molecule has 43 heavy (non-hydrogen) atoms. The minimum Gasteiger partial charge on any atom is -0.452 e. The summed E-state index contributed by atoms with van der Waals surface area (Å²) in [5.41, 5.74) is 9.19. The monoisotopic (exact) mass is 558 g/mol. The van der Waals surface area contributed by atoms with Gasteiger partial charge in [0, 0.05) is 39.6 Å². The van der Waals surface area contributed by atoms with Crippen molar-refractivity contribution in [2.24, 2.45) is 0 Å². The third kappa shape index (κ3) is 3.61. The van der Waals surface area contributed by atoms with Crippen molar-refractivity contribution in [3.05, 3.63) is 145 Å². The molecule has 0 radical (unpaired) electrons. The zero-order chi connectivity index (χ0) is 28.5. The summed E-state index contributed by atoms with van der Waals surface area (Å²) in [6.45, 7) is 0. The summed E-state index contributed by atoms with van der Waals surface area (Å²) >= 11 is 0. The minimum absolute atomic E-state index is 0.250. The number of furan rings is 2. The Kier molecular flexibility index (Phi) is 5.05. The highest BCUT2D eigenvalue weighted by molar-refractivity contribution is 6.13. The number of nitrogens with zero attached hydrogens (tertiary/aromatic N) is 2. The topological polar surface area (TPSA) is 34.5 Å². The average Bonchev–Trinajstić information content (AvgIpc) is 3.70. The van der Waals surface area contributed by atoms with E-state index in [4.69, 9.17) is 8.83 Å². The van der Waals surface area contributed by atoms with Crippen LogP contribution in [0.3, 0.4) is 0 Å². The van der Waals surface area contributed by atoms with Crippen LogP contribution in [0, 0.1) is 5.82 Å². The van der Waals surface area contributed by atoms with Gasteiger partial charge in [-0.25, -0.2) is 4.39 Å². The van der Waals surface area contributed by atoms with Crippen LogP contribution in [0.5, 0.6) is 0 Å². The molecule has 9 aromatic rings. The van der Waals surface area contributed by atoms with Gasteiger partial charge in [-0.1, -0.05) is 48.5 Å². The number of anilines is 3. The summed E-state index contributed by atoms with van der Waals surface area (Å²) in [5.74, 6) is -0.250. The van der Waals surface area contributed by atoms with Gasteiger partial charge in [0.25, 0.3) is 0 Å². The molecule has 0 aliphatic heterocycles. The lowest BCUT2D eigenvalue weighted by atomic mass is 10.1. The summed E-state index contributed by atoms with van der Waals surface area (Å²) in [4.78, 5) is 2.24. The number of hydrogen-bond donors (Lipinski definition) is 0. The predicted octanol–water partition coefficient (Wildman–Crippen LogP) is 11.0. The molecule has 3 heterocycles. The number of halogens is 1. The first kappa shape index (κ1) is 23.9.